The van der Waals surface area contributed by atoms with Crippen LogP contribution < -0.4 is 20.9 Å². The number of nitrogens with one attached hydrogen (secondary N) is 3. The summed E-state index contributed by atoms with van der Waals surface area (Å²) in [6, 6.07) is 8.96. The highest BCUT2D eigenvalue weighted by Gasteiger charge is 2.56. The number of alkyl halides is 2. The van der Waals surface area contributed by atoms with Gasteiger partial charge < -0.3 is 25.6 Å². The van der Waals surface area contributed by atoms with Crippen LogP contribution >= 0.6 is 0 Å². The lowest BCUT2D eigenvalue weighted by Crippen LogP contribution is -2.58. The van der Waals surface area contributed by atoms with E-state index in [1.807, 2.05) is 29.2 Å². The van der Waals surface area contributed by atoms with Crippen LogP contribution in [0.2, 0.25) is 0 Å². The summed E-state index contributed by atoms with van der Waals surface area (Å²) in [5, 5.41) is 14.3. The fourth-order valence-electron chi connectivity index (χ4n) is 8.24. The van der Waals surface area contributed by atoms with Crippen molar-refractivity contribution < 1.29 is 22.7 Å². The molecular formula is C36H42F3N9O2. The predicted octanol–water partition coefficient (Wildman–Crippen LogP) is 4.78. The van der Waals surface area contributed by atoms with Gasteiger partial charge in [-0.05, 0) is 81.4 Å². The summed E-state index contributed by atoms with van der Waals surface area (Å²) in [6.07, 6.45) is 6.91. The van der Waals surface area contributed by atoms with Crippen molar-refractivity contribution in [3.8, 4) is 11.3 Å². The maximum atomic E-state index is 15.8. The molecule has 3 N–H and O–H groups in total. The van der Waals surface area contributed by atoms with Gasteiger partial charge in [-0.2, -0.15) is 0 Å². The third-order valence-electron chi connectivity index (χ3n) is 11.3. The number of nitrogens with zero attached hydrogens (tertiary/aromatic N) is 6. The lowest BCUT2D eigenvalue weighted by atomic mass is 9.69. The number of aromatic nitrogens is 4. The molecule has 1 aliphatic carbocycles. The second-order valence-corrected chi connectivity index (χ2v) is 14.1. The van der Waals surface area contributed by atoms with Crippen LogP contribution in [0.4, 0.5) is 30.4 Å². The molecule has 2 atom stereocenters. The number of carbonyl (C=O) groups is 1. The molecule has 4 aliphatic rings. The highest BCUT2D eigenvalue weighted by Crippen LogP contribution is 2.50. The molecule has 50 heavy (non-hydrogen) atoms. The number of halogens is 3. The number of benzene rings is 1. The van der Waals surface area contributed by atoms with Gasteiger partial charge in [-0.15, -0.1) is 5.10 Å². The van der Waals surface area contributed by atoms with Gasteiger partial charge in [0.1, 0.15) is 11.5 Å². The normalized spacial score (nSPS) is 22.8. The van der Waals surface area contributed by atoms with Gasteiger partial charge in [0.15, 0.2) is 17.2 Å². The van der Waals surface area contributed by atoms with Crippen molar-refractivity contribution in [2.75, 3.05) is 57.1 Å². The number of likely N-dealkylation sites (tertiary alicyclic amines) is 1. The van der Waals surface area contributed by atoms with Crippen LogP contribution in [0.15, 0.2) is 42.7 Å². The molecule has 264 valence electrons. The fraction of sp³-hybridized carbons (Fsp3) is 0.500. The molecule has 3 fully saturated rings. The van der Waals surface area contributed by atoms with Crippen LogP contribution in [0, 0.1) is 11.2 Å². The van der Waals surface area contributed by atoms with Crippen molar-refractivity contribution in [1.29, 1.82) is 0 Å². The maximum absolute atomic E-state index is 15.8. The van der Waals surface area contributed by atoms with Crippen molar-refractivity contribution in [1.82, 2.24) is 35.1 Å². The molecule has 11 nitrogen and oxygen atoms in total. The van der Waals surface area contributed by atoms with E-state index in [1.165, 1.54) is 12.3 Å². The van der Waals surface area contributed by atoms with E-state index >= 15 is 13.2 Å². The zero-order valence-corrected chi connectivity index (χ0v) is 28.3. The van der Waals surface area contributed by atoms with Gasteiger partial charge in [-0.25, -0.2) is 22.7 Å². The van der Waals surface area contributed by atoms with E-state index < -0.39 is 17.2 Å². The number of hydrogen-bond donors (Lipinski definition) is 3. The van der Waals surface area contributed by atoms with Crippen molar-refractivity contribution in [2.24, 2.45) is 5.41 Å². The number of anilines is 3. The molecule has 2 saturated heterocycles. The molecule has 0 unspecified atom stereocenters. The van der Waals surface area contributed by atoms with E-state index in [0.717, 1.165) is 24.1 Å². The summed E-state index contributed by atoms with van der Waals surface area (Å²) in [5.41, 5.74) is 3.88. The first-order valence-electron chi connectivity index (χ1n) is 17.5. The Bertz CT molecular complexity index is 1930. The summed E-state index contributed by atoms with van der Waals surface area (Å²) >= 11 is 0. The molecule has 1 aromatic carbocycles. The van der Waals surface area contributed by atoms with Crippen molar-refractivity contribution in [3.05, 3.63) is 65.4 Å². The van der Waals surface area contributed by atoms with Crippen LogP contribution in [0.3, 0.4) is 0 Å². The van der Waals surface area contributed by atoms with Gasteiger partial charge in [0, 0.05) is 56.2 Å². The third kappa shape index (κ3) is 5.57. The molecule has 3 aliphatic heterocycles. The zero-order chi connectivity index (χ0) is 34.6. The monoisotopic (exact) mass is 689 g/mol. The molecule has 1 amide bonds. The number of ether oxygens (including phenoxy) is 1. The van der Waals surface area contributed by atoms with Crippen LogP contribution in [0.25, 0.3) is 16.9 Å². The largest absolute Gasteiger partial charge is 0.385 e. The molecule has 14 heteroatoms. The van der Waals surface area contributed by atoms with Crippen molar-refractivity contribution in [3.63, 3.8) is 0 Å². The van der Waals surface area contributed by atoms with Gasteiger partial charge in [0.25, 0.3) is 11.8 Å². The molecule has 1 spiro atoms. The summed E-state index contributed by atoms with van der Waals surface area (Å²) in [6.45, 7) is 2.28. The molecule has 1 saturated carbocycles. The molecule has 8 rings (SSSR count). The molecule has 0 radical (unpaired) electrons. The average Bonchev–Trinajstić information content (AvgIpc) is 3.74. The number of methoxy groups -OCH3 is 1. The number of rotatable bonds is 8. The lowest BCUT2D eigenvalue weighted by Gasteiger charge is -2.49. The lowest BCUT2D eigenvalue weighted by molar-refractivity contribution is -0.181. The minimum Gasteiger partial charge on any atom is -0.385 e. The topological polar surface area (TPSA) is 112 Å². The predicted molar refractivity (Wildman–Crippen MR) is 184 cm³/mol. The molecule has 4 aromatic rings. The van der Waals surface area contributed by atoms with E-state index in [2.05, 4.69) is 25.9 Å². The fourth-order valence-corrected chi connectivity index (χ4v) is 8.24. The first kappa shape index (κ1) is 32.9. The average molecular weight is 690 g/mol. The molecular weight excluding hydrogens is 647 g/mol. The Morgan fingerprint density at radius 1 is 1.10 bits per heavy atom. The number of imidazole rings is 1. The quantitative estimate of drug-likeness (QED) is 0.241. The summed E-state index contributed by atoms with van der Waals surface area (Å²) in [7, 11) is 3.44. The smallest absolute Gasteiger partial charge is 0.271 e. The maximum Gasteiger partial charge on any atom is 0.271 e. The Morgan fingerprint density at radius 2 is 1.94 bits per heavy atom. The van der Waals surface area contributed by atoms with Gasteiger partial charge in [0.2, 0.25) is 0 Å². The highest BCUT2D eigenvalue weighted by molar-refractivity contribution is 5.94. The molecule has 6 heterocycles. The molecule has 3 aromatic heterocycles. The van der Waals surface area contributed by atoms with Crippen LogP contribution in [-0.2, 0) is 17.7 Å². The first-order chi connectivity index (χ1) is 24.2. The van der Waals surface area contributed by atoms with Gasteiger partial charge in [-0.1, -0.05) is 12.1 Å². The first-order valence-corrected chi connectivity index (χ1v) is 17.5. The van der Waals surface area contributed by atoms with Crippen LogP contribution in [0.1, 0.15) is 53.7 Å². The second-order valence-electron chi connectivity index (χ2n) is 14.1. The van der Waals surface area contributed by atoms with E-state index in [9.17, 15) is 4.79 Å². The van der Waals surface area contributed by atoms with E-state index in [1.54, 1.807) is 29.8 Å². The summed E-state index contributed by atoms with van der Waals surface area (Å²) in [4.78, 5) is 26.1. The number of fused-ring (bicyclic) bond motifs is 2. The Balaban J connectivity index is 1.03. The SMILES string of the molecule is CNc1cc(N2CCc3c(-c4ncc(CN5CCC6(CCNCC6)C(F)(F)C5)cc4F)cccc32)nn2c(C(=O)N[C@@H]3CC[C@H]3OC)cnc12. The van der Waals surface area contributed by atoms with Crippen molar-refractivity contribution >= 4 is 28.7 Å². The van der Waals surface area contributed by atoms with Crippen LogP contribution in [-0.4, -0.2) is 95.3 Å². The second kappa shape index (κ2) is 12.8. The number of amides is 1. The van der Waals surface area contributed by atoms with E-state index in [-0.39, 0.29) is 36.8 Å². The third-order valence-corrected chi connectivity index (χ3v) is 11.3. The van der Waals surface area contributed by atoms with Crippen molar-refractivity contribution in [2.45, 2.75) is 63.1 Å². The number of piperidine rings is 2. The Morgan fingerprint density at radius 3 is 2.66 bits per heavy atom. The number of hydrogen-bond acceptors (Lipinski definition) is 9. The number of pyridine rings is 1. The standard InChI is InChI=1S/C36H42F3N9O2/c1-40-27-17-31(45-48-29(19-43-33(27)48)34(49)44-26-6-7-30(26)50-2)47-14-8-23-24(4-3-5-28(23)47)32-25(37)16-22(18-42-32)20-46-15-11-35(36(38,39)21-46)9-12-41-13-10-35/h3-5,16-19,26,30,40-41H,6-15,20-21H2,1-2H3,(H,44,49)/t26-,30-/m1/s1. The Hall–Kier alpha value is -4.27. The minimum atomic E-state index is -2.79. The number of carbonyl (C=O) groups excluding carboxylic acids is 1. The van der Waals surface area contributed by atoms with E-state index in [4.69, 9.17) is 9.84 Å². The van der Waals surface area contributed by atoms with Gasteiger partial charge in [0.05, 0.1) is 30.6 Å². The zero-order valence-electron chi connectivity index (χ0n) is 28.3. The van der Waals surface area contributed by atoms with Gasteiger partial charge >= 0.3 is 0 Å². The Kier molecular flexibility index (Phi) is 8.43. The molecule has 0 bridgehead atoms. The summed E-state index contributed by atoms with van der Waals surface area (Å²) < 4.78 is 53.6. The van der Waals surface area contributed by atoms with E-state index in [0.29, 0.717) is 85.8 Å². The van der Waals surface area contributed by atoms with Crippen LogP contribution in [0.5, 0.6) is 0 Å². The Labute approximate surface area is 288 Å². The summed E-state index contributed by atoms with van der Waals surface area (Å²) in [5.74, 6) is -2.94. The highest BCUT2D eigenvalue weighted by atomic mass is 19.3. The van der Waals surface area contributed by atoms with Gasteiger partial charge in [-0.3, -0.25) is 14.7 Å². The minimum absolute atomic E-state index is 0.00459.